The Kier molecular flexibility index (Phi) is 2.79. The predicted molar refractivity (Wildman–Crippen MR) is 86.7 cm³/mol. The van der Waals surface area contributed by atoms with Gasteiger partial charge in [-0.3, -0.25) is 4.79 Å². The fourth-order valence-electron chi connectivity index (χ4n) is 3.45. The number of carbonyl (C=O) groups is 1. The van der Waals surface area contributed by atoms with Crippen molar-refractivity contribution in [1.29, 1.82) is 0 Å². The summed E-state index contributed by atoms with van der Waals surface area (Å²) in [6, 6.07) is 0.116. The van der Waals surface area contributed by atoms with Crippen molar-refractivity contribution in [3.05, 3.63) is 70.8 Å². The number of hydrogen-bond donors (Lipinski definition) is 1. The fraction of sp³-hybridized carbons (Fsp3) is 0.222. The standard InChI is InChI=1S/C18H17N3O/c1-11-19-15-9-5-3-7-13(15)18-17(20-12(2)22)14-8-4-6-10-16(14)21(11)18/h3-6,8-10,16H,7H2,1-2H3,(H,20,22). The average Bonchev–Trinajstić information content (AvgIpc) is 2.83. The van der Waals surface area contributed by atoms with Crippen LogP contribution in [0.3, 0.4) is 0 Å². The lowest BCUT2D eigenvalue weighted by Gasteiger charge is -2.33. The summed E-state index contributed by atoms with van der Waals surface area (Å²) in [7, 11) is 0. The van der Waals surface area contributed by atoms with Gasteiger partial charge in [-0.05, 0) is 19.4 Å². The first-order chi connectivity index (χ1) is 10.7. The molecule has 0 aromatic rings. The molecule has 0 fully saturated rings. The maximum absolute atomic E-state index is 11.7. The Balaban J connectivity index is 1.95. The van der Waals surface area contributed by atoms with Gasteiger partial charge in [0.15, 0.2) is 0 Å². The molecule has 2 aliphatic heterocycles. The number of rotatable bonds is 1. The van der Waals surface area contributed by atoms with Crippen molar-refractivity contribution in [3.63, 3.8) is 0 Å². The molecule has 0 saturated carbocycles. The molecule has 0 aromatic carbocycles. The molecule has 0 saturated heterocycles. The molecule has 0 radical (unpaired) electrons. The number of hydrogen-bond acceptors (Lipinski definition) is 3. The highest BCUT2D eigenvalue weighted by molar-refractivity contribution is 5.90. The van der Waals surface area contributed by atoms with Gasteiger partial charge in [0.05, 0.1) is 23.1 Å². The Bertz CT molecular complexity index is 787. The van der Waals surface area contributed by atoms with Crippen molar-refractivity contribution in [2.75, 3.05) is 0 Å². The second-order valence-electron chi connectivity index (χ2n) is 5.74. The SMILES string of the molecule is CC(=O)NC1=C2C=CC=CC2N2C(C)=NC3=CC=CCC3=C12. The van der Waals surface area contributed by atoms with E-state index in [9.17, 15) is 4.79 Å². The van der Waals surface area contributed by atoms with Gasteiger partial charge in [0.2, 0.25) is 5.91 Å². The third-order valence-corrected chi connectivity index (χ3v) is 4.28. The van der Waals surface area contributed by atoms with Crippen molar-refractivity contribution in [2.45, 2.75) is 26.3 Å². The van der Waals surface area contributed by atoms with Gasteiger partial charge >= 0.3 is 0 Å². The molecular formula is C18H17N3O. The van der Waals surface area contributed by atoms with Crippen LogP contribution in [-0.4, -0.2) is 22.7 Å². The lowest BCUT2D eigenvalue weighted by Crippen LogP contribution is -2.37. The van der Waals surface area contributed by atoms with Gasteiger partial charge in [-0.1, -0.05) is 36.5 Å². The Labute approximate surface area is 129 Å². The minimum Gasteiger partial charge on any atom is -0.324 e. The molecule has 0 bridgehead atoms. The van der Waals surface area contributed by atoms with Crippen molar-refractivity contribution in [1.82, 2.24) is 10.2 Å². The van der Waals surface area contributed by atoms with Crippen molar-refractivity contribution in [3.8, 4) is 0 Å². The van der Waals surface area contributed by atoms with Gasteiger partial charge in [-0.25, -0.2) is 4.99 Å². The molecule has 2 aliphatic carbocycles. The smallest absolute Gasteiger partial charge is 0.221 e. The first kappa shape index (κ1) is 13.1. The number of aliphatic imine (C=N–C) groups is 1. The van der Waals surface area contributed by atoms with Gasteiger partial charge < -0.3 is 10.2 Å². The number of carbonyl (C=O) groups excluding carboxylic acids is 1. The maximum atomic E-state index is 11.7. The van der Waals surface area contributed by atoms with Gasteiger partial charge in [-0.2, -0.15) is 0 Å². The number of amides is 1. The number of nitrogens with one attached hydrogen (secondary N) is 1. The lowest BCUT2D eigenvalue weighted by atomic mass is 9.98. The van der Waals surface area contributed by atoms with Gasteiger partial charge in [0, 0.05) is 18.1 Å². The summed E-state index contributed by atoms with van der Waals surface area (Å²) in [6.07, 6.45) is 15.3. The van der Waals surface area contributed by atoms with E-state index in [1.807, 2.05) is 31.2 Å². The molecular weight excluding hydrogens is 274 g/mol. The zero-order valence-electron chi connectivity index (χ0n) is 12.6. The van der Waals surface area contributed by atoms with Crippen LogP contribution in [0, 0.1) is 0 Å². The molecule has 4 rings (SSSR count). The van der Waals surface area contributed by atoms with Crippen LogP contribution in [0.1, 0.15) is 20.3 Å². The van der Waals surface area contributed by atoms with Gasteiger partial charge in [0.1, 0.15) is 5.84 Å². The normalized spacial score (nSPS) is 24.8. The number of nitrogens with zero attached hydrogens (tertiary/aromatic N) is 2. The van der Waals surface area contributed by atoms with Crippen LogP contribution in [0.2, 0.25) is 0 Å². The summed E-state index contributed by atoms with van der Waals surface area (Å²) in [6.45, 7) is 3.58. The fourth-order valence-corrected chi connectivity index (χ4v) is 3.45. The van der Waals surface area contributed by atoms with E-state index in [2.05, 4.69) is 28.4 Å². The minimum atomic E-state index is -0.0452. The molecule has 1 N–H and O–H groups in total. The molecule has 1 atom stereocenters. The monoisotopic (exact) mass is 291 g/mol. The second-order valence-corrected chi connectivity index (χ2v) is 5.74. The summed E-state index contributed by atoms with van der Waals surface area (Å²) in [4.78, 5) is 18.7. The maximum Gasteiger partial charge on any atom is 0.221 e. The topological polar surface area (TPSA) is 44.7 Å². The average molecular weight is 291 g/mol. The predicted octanol–water partition coefficient (Wildman–Crippen LogP) is 2.72. The quantitative estimate of drug-likeness (QED) is 0.807. The number of allylic oxidation sites excluding steroid dienone is 6. The second kappa shape index (κ2) is 4.70. The van der Waals surface area contributed by atoms with E-state index in [0.29, 0.717) is 0 Å². The van der Waals surface area contributed by atoms with Crippen LogP contribution >= 0.6 is 0 Å². The zero-order chi connectivity index (χ0) is 15.3. The Hall–Kier alpha value is -2.62. The van der Waals surface area contributed by atoms with Crippen LogP contribution in [-0.2, 0) is 4.79 Å². The van der Waals surface area contributed by atoms with Gasteiger partial charge in [-0.15, -0.1) is 0 Å². The van der Waals surface area contributed by atoms with Gasteiger partial charge in [0.25, 0.3) is 0 Å². The molecule has 4 heteroatoms. The molecule has 4 aliphatic rings. The third kappa shape index (κ3) is 1.77. The van der Waals surface area contributed by atoms with E-state index >= 15 is 0 Å². The summed E-state index contributed by atoms with van der Waals surface area (Å²) >= 11 is 0. The highest BCUT2D eigenvalue weighted by atomic mass is 16.1. The lowest BCUT2D eigenvalue weighted by molar-refractivity contribution is -0.118. The van der Waals surface area contributed by atoms with Crippen LogP contribution in [0.25, 0.3) is 0 Å². The summed E-state index contributed by atoms with van der Waals surface area (Å²) < 4.78 is 0. The van der Waals surface area contributed by atoms with E-state index < -0.39 is 0 Å². The molecule has 4 nitrogen and oxygen atoms in total. The van der Waals surface area contributed by atoms with E-state index in [-0.39, 0.29) is 11.9 Å². The van der Waals surface area contributed by atoms with Crippen molar-refractivity contribution < 1.29 is 4.79 Å². The van der Waals surface area contributed by atoms with Crippen molar-refractivity contribution in [2.24, 2.45) is 4.99 Å². The highest BCUT2D eigenvalue weighted by Crippen LogP contribution is 2.43. The van der Waals surface area contributed by atoms with Crippen LogP contribution in [0.4, 0.5) is 0 Å². The highest BCUT2D eigenvalue weighted by Gasteiger charge is 2.40. The molecule has 1 unspecified atom stereocenters. The summed E-state index contributed by atoms with van der Waals surface area (Å²) in [5, 5.41) is 3.04. The van der Waals surface area contributed by atoms with E-state index in [0.717, 1.165) is 34.9 Å². The molecule has 110 valence electrons. The Morgan fingerprint density at radius 2 is 2.23 bits per heavy atom. The van der Waals surface area contributed by atoms with Crippen LogP contribution in [0.15, 0.2) is 75.8 Å². The number of fused-ring (bicyclic) bond motifs is 4. The molecule has 0 aromatic heterocycles. The molecule has 2 heterocycles. The van der Waals surface area contributed by atoms with E-state index in [4.69, 9.17) is 4.99 Å². The summed E-state index contributed by atoms with van der Waals surface area (Å²) in [5.74, 6) is 0.916. The van der Waals surface area contributed by atoms with Crippen LogP contribution in [0.5, 0.6) is 0 Å². The Morgan fingerprint density at radius 3 is 3.05 bits per heavy atom. The largest absolute Gasteiger partial charge is 0.324 e. The molecule has 22 heavy (non-hydrogen) atoms. The molecule has 1 amide bonds. The van der Waals surface area contributed by atoms with Crippen molar-refractivity contribution >= 4 is 11.7 Å². The number of amidine groups is 1. The minimum absolute atomic E-state index is 0.0452. The first-order valence-electron chi connectivity index (χ1n) is 7.48. The summed E-state index contributed by atoms with van der Waals surface area (Å²) in [5.41, 5.74) is 5.32. The third-order valence-electron chi connectivity index (χ3n) is 4.28. The first-order valence-corrected chi connectivity index (χ1v) is 7.48. The molecule has 0 spiro atoms. The zero-order valence-corrected chi connectivity index (χ0v) is 12.6. The van der Waals surface area contributed by atoms with E-state index in [1.54, 1.807) is 6.92 Å². The van der Waals surface area contributed by atoms with Crippen LogP contribution < -0.4 is 5.32 Å². The Morgan fingerprint density at radius 1 is 1.36 bits per heavy atom. The van der Waals surface area contributed by atoms with E-state index in [1.165, 1.54) is 5.57 Å².